The molecule has 0 saturated heterocycles. The smallest absolute Gasteiger partial charge is 0.344 e. The molecule has 1 amide bonds. The second-order valence-corrected chi connectivity index (χ2v) is 8.37. The molecule has 8 heteroatoms. The van der Waals surface area contributed by atoms with E-state index in [0.29, 0.717) is 25.0 Å². The van der Waals surface area contributed by atoms with E-state index >= 15 is 0 Å². The van der Waals surface area contributed by atoms with Gasteiger partial charge >= 0.3 is 5.97 Å². The third-order valence-electron chi connectivity index (χ3n) is 3.98. The number of halogens is 2. The highest BCUT2D eigenvalue weighted by Gasteiger charge is 2.14. The SMILES string of the molecule is CCOC(=O)COc1c(Br)cc(/C=C(\C#N)C(=O)Nc2cc(C)ccc2C)cc1I. The molecular weight excluding hydrogens is 563 g/mol. The highest BCUT2D eigenvalue weighted by Crippen LogP contribution is 2.33. The summed E-state index contributed by atoms with van der Waals surface area (Å²) >= 11 is 5.48. The van der Waals surface area contributed by atoms with E-state index in [0.717, 1.165) is 11.1 Å². The Hall–Kier alpha value is -2.38. The first kappa shape index (κ1) is 23.9. The molecule has 0 fully saturated rings. The van der Waals surface area contributed by atoms with Gasteiger partial charge in [0.05, 0.1) is 14.6 Å². The van der Waals surface area contributed by atoms with Crippen LogP contribution in [0.15, 0.2) is 40.4 Å². The molecule has 0 spiro atoms. The van der Waals surface area contributed by atoms with Crippen LogP contribution in [0.2, 0.25) is 0 Å². The maximum absolute atomic E-state index is 12.6. The zero-order valence-corrected chi connectivity index (χ0v) is 20.5. The van der Waals surface area contributed by atoms with Crippen molar-refractivity contribution in [3.63, 3.8) is 0 Å². The first-order chi connectivity index (χ1) is 14.2. The molecule has 0 saturated carbocycles. The Morgan fingerprint density at radius 2 is 2.00 bits per heavy atom. The molecule has 0 aromatic heterocycles. The molecular formula is C22H20BrIN2O4. The van der Waals surface area contributed by atoms with Crippen LogP contribution in [0.4, 0.5) is 5.69 Å². The number of carbonyl (C=O) groups excluding carboxylic acids is 2. The summed E-state index contributed by atoms with van der Waals surface area (Å²) in [6.07, 6.45) is 1.50. The van der Waals surface area contributed by atoms with Crippen molar-refractivity contribution < 1.29 is 19.1 Å². The molecule has 0 aliphatic rings. The number of carbonyl (C=O) groups is 2. The minimum Gasteiger partial charge on any atom is -0.480 e. The molecule has 0 atom stereocenters. The van der Waals surface area contributed by atoms with E-state index in [1.54, 1.807) is 19.1 Å². The number of hydrogen-bond acceptors (Lipinski definition) is 5. The lowest BCUT2D eigenvalue weighted by molar-refractivity contribution is -0.145. The number of aryl methyl sites for hydroxylation is 2. The quantitative estimate of drug-likeness (QED) is 0.211. The molecule has 30 heavy (non-hydrogen) atoms. The van der Waals surface area contributed by atoms with Crippen molar-refractivity contribution in [2.24, 2.45) is 0 Å². The fourth-order valence-electron chi connectivity index (χ4n) is 2.51. The predicted octanol–water partition coefficient (Wildman–Crippen LogP) is 5.16. The van der Waals surface area contributed by atoms with Crippen molar-refractivity contribution in [1.29, 1.82) is 5.26 Å². The standard InChI is InChI=1S/C22H20BrIN2O4/c1-4-29-20(27)12-30-21-17(23)9-15(10-18(21)24)8-16(11-25)22(28)26-19-7-13(2)5-6-14(19)3/h5-10H,4,12H2,1-3H3,(H,26,28)/b16-8+. The van der Waals surface area contributed by atoms with Crippen LogP contribution >= 0.6 is 38.5 Å². The lowest BCUT2D eigenvalue weighted by Crippen LogP contribution is -2.15. The zero-order valence-electron chi connectivity index (χ0n) is 16.7. The van der Waals surface area contributed by atoms with Crippen LogP contribution in [0.5, 0.6) is 5.75 Å². The van der Waals surface area contributed by atoms with Crippen LogP contribution < -0.4 is 10.1 Å². The highest BCUT2D eigenvalue weighted by molar-refractivity contribution is 14.1. The Kier molecular flexibility index (Phi) is 8.87. The van der Waals surface area contributed by atoms with Crippen molar-refractivity contribution in [2.45, 2.75) is 20.8 Å². The fraction of sp³-hybridized carbons (Fsp3) is 0.227. The molecule has 2 aromatic rings. The number of benzene rings is 2. The third-order valence-corrected chi connectivity index (χ3v) is 5.37. The molecule has 0 bridgehead atoms. The second kappa shape index (κ2) is 11.1. The van der Waals surface area contributed by atoms with Gasteiger partial charge in [-0.15, -0.1) is 0 Å². The Morgan fingerprint density at radius 1 is 1.27 bits per heavy atom. The maximum Gasteiger partial charge on any atom is 0.344 e. The number of esters is 1. The number of ether oxygens (including phenoxy) is 2. The van der Waals surface area contributed by atoms with Crippen molar-refractivity contribution in [2.75, 3.05) is 18.5 Å². The van der Waals surface area contributed by atoms with E-state index in [-0.39, 0.29) is 18.8 Å². The lowest BCUT2D eigenvalue weighted by Gasteiger charge is -2.11. The third kappa shape index (κ3) is 6.57. The van der Waals surface area contributed by atoms with E-state index in [4.69, 9.17) is 9.47 Å². The van der Waals surface area contributed by atoms with Crippen LogP contribution in [0.3, 0.4) is 0 Å². The molecule has 0 heterocycles. The number of hydrogen-bond donors (Lipinski definition) is 1. The summed E-state index contributed by atoms with van der Waals surface area (Å²) in [6.45, 7) is 5.62. The largest absolute Gasteiger partial charge is 0.480 e. The summed E-state index contributed by atoms with van der Waals surface area (Å²) in [5, 5.41) is 12.3. The number of nitrogens with zero attached hydrogens (tertiary/aromatic N) is 1. The summed E-state index contributed by atoms with van der Waals surface area (Å²) < 4.78 is 11.7. The van der Waals surface area contributed by atoms with Gasteiger partial charge < -0.3 is 14.8 Å². The number of nitriles is 1. The summed E-state index contributed by atoms with van der Waals surface area (Å²) in [7, 11) is 0. The molecule has 1 N–H and O–H groups in total. The number of amides is 1. The average Bonchev–Trinajstić information content (AvgIpc) is 2.68. The number of rotatable bonds is 7. The van der Waals surface area contributed by atoms with E-state index in [1.165, 1.54) is 6.08 Å². The molecule has 2 rings (SSSR count). The van der Waals surface area contributed by atoms with Gasteiger partial charge in [-0.25, -0.2) is 4.79 Å². The first-order valence-corrected chi connectivity index (χ1v) is 10.9. The predicted molar refractivity (Wildman–Crippen MR) is 127 cm³/mol. The maximum atomic E-state index is 12.6. The van der Waals surface area contributed by atoms with Crippen LogP contribution in [-0.2, 0) is 14.3 Å². The van der Waals surface area contributed by atoms with Crippen molar-refractivity contribution >= 4 is 62.2 Å². The van der Waals surface area contributed by atoms with E-state index in [2.05, 4.69) is 43.8 Å². The summed E-state index contributed by atoms with van der Waals surface area (Å²) in [5.74, 6) is -0.460. The fourth-order valence-corrected chi connectivity index (χ4v) is 4.28. The highest BCUT2D eigenvalue weighted by atomic mass is 127. The molecule has 0 radical (unpaired) electrons. The van der Waals surface area contributed by atoms with E-state index < -0.39 is 11.9 Å². The monoisotopic (exact) mass is 582 g/mol. The Balaban J connectivity index is 2.22. The summed E-state index contributed by atoms with van der Waals surface area (Å²) in [4.78, 5) is 24.1. The lowest BCUT2D eigenvalue weighted by atomic mass is 10.1. The zero-order chi connectivity index (χ0) is 22.3. The van der Waals surface area contributed by atoms with Gasteiger partial charge in [0.1, 0.15) is 17.4 Å². The molecule has 0 aliphatic carbocycles. The van der Waals surface area contributed by atoms with E-state index in [1.807, 2.05) is 38.1 Å². The second-order valence-electron chi connectivity index (χ2n) is 6.35. The topological polar surface area (TPSA) is 88.4 Å². The van der Waals surface area contributed by atoms with Crippen molar-refractivity contribution in [3.05, 3.63) is 60.6 Å². The minimum atomic E-state index is -0.486. The van der Waals surface area contributed by atoms with Gasteiger partial charge in [0, 0.05) is 5.69 Å². The molecule has 2 aromatic carbocycles. The normalized spacial score (nSPS) is 10.9. The Bertz CT molecular complexity index is 1020. The van der Waals surface area contributed by atoms with Gasteiger partial charge in [0.2, 0.25) is 0 Å². The summed E-state index contributed by atoms with van der Waals surface area (Å²) in [6, 6.07) is 11.1. The van der Waals surface area contributed by atoms with Gasteiger partial charge in [-0.05, 0) is 100 Å². The van der Waals surface area contributed by atoms with Crippen LogP contribution in [0.25, 0.3) is 6.08 Å². The minimum absolute atomic E-state index is 0.0289. The average molecular weight is 583 g/mol. The Morgan fingerprint density at radius 3 is 2.63 bits per heavy atom. The van der Waals surface area contributed by atoms with Crippen LogP contribution in [0, 0.1) is 28.7 Å². The number of nitrogens with one attached hydrogen (secondary N) is 1. The van der Waals surface area contributed by atoms with Crippen LogP contribution in [0.1, 0.15) is 23.6 Å². The summed E-state index contributed by atoms with van der Waals surface area (Å²) in [5.41, 5.74) is 3.20. The molecule has 0 unspecified atom stereocenters. The van der Waals surface area contributed by atoms with Crippen molar-refractivity contribution in [1.82, 2.24) is 0 Å². The molecule has 156 valence electrons. The number of anilines is 1. The van der Waals surface area contributed by atoms with Gasteiger partial charge in [0.15, 0.2) is 6.61 Å². The molecule has 0 aliphatic heterocycles. The molecule has 6 nitrogen and oxygen atoms in total. The van der Waals surface area contributed by atoms with Gasteiger partial charge in [0.25, 0.3) is 5.91 Å². The van der Waals surface area contributed by atoms with E-state index in [9.17, 15) is 14.9 Å². The van der Waals surface area contributed by atoms with Gasteiger partial charge in [-0.2, -0.15) is 5.26 Å². The Labute approximate surface area is 197 Å². The first-order valence-electron chi connectivity index (χ1n) is 9.03. The van der Waals surface area contributed by atoms with Gasteiger partial charge in [-0.1, -0.05) is 12.1 Å². The van der Waals surface area contributed by atoms with Gasteiger partial charge in [-0.3, -0.25) is 4.79 Å². The van der Waals surface area contributed by atoms with Crippen LogP contribution in [-0.4, -0.2) is 25.1 Å². The van der Waals surface area contributed by atoms with Crippen molar-refractivity contribution in [3.8, 4) is 11.8 Å².